The van der Waals surface area contributed by atoms with E-state index in [1.54, 1.807) is 11.6 Å². The Morgan fingerprint density at radius 1 is 1.56 bits per heavy atom. The summed E-state index contributed by atoms with van der Waals surface area (Å²) in [7, 11) is 1.80. The fourth-order valence-corrected chi connectivity index (χ4v) is 3.10. The SMILES string of the molecule is CCC(C)(C)C(=O)OC[C@]1(C#N)CC[C@H](c2ccc3c(NC)ncnn23)O1. The molecule has 0 aromatic carbocycles. The van der Waals surface area contributed by atoms with Gasteiger partial charge in [-0.2, -0.15) is 10.4 Å². The van der Waals surface area contributed by atoms with E-state index in [1.807, 2.05) is 32.9 Å². The highest BCUT2D eigenvalue weighted by Crippen LogP contribution is 2.40. The number of ether oxygens (including phenoxy) is 2. The van der Waals surface area contributed by atoms with Crippen molar-refractivity contribution in [3.63, 3.8) is 0 Å². The number of fused-ring (bicyclic) bond motifs is 1. The molecule has 2 aromatic heterocycles. The lowest BCUT2D eigenvalue weighted by atomic mass is 9.90. The Hall–Kier alpha value is -2.66. The fraction of sp³-hybridized carbons (Fsp3) is 0.579. The molecule has 2 aromatic rings. The van der Waals surface area contributed by atoms with Gasteiger partial charge in [-0.3, -0.25) is 4.79 Å². The van der Waals surface area contributed by atoms with Crippen molar-refractivity contribution in [3.8, 4) is 6.07 Å². The molecule has 0 spiro atoms. The Morgan fingerprint density at radius 2 is 2.33 bits per heavy atom. The highest BCUT2D eigenvalue weighted by Gasteiger charge is 2.44. The number of anilines is 1. The third-order valence-corrected chi connectivity index (χ3v) is 5.30. The second-order valence-electron chi connectivity index (χ2n) is 7.48. The van der Waals surface area contributed by atoms with E-state index >= 15 is 0 Å². The molecule has 1 aliphatic heterocycles. The average molecular weight is 371 g/mol. The summed E-state index contributed by atoms with van der Waals surface area (Å²) >= 11 is 0. The molecule has 8 nitrogen and oxygen atoms in total. The minimum atomic E-state index is -1.13. The van der Waals surface area contributed by atoms with Gasteiger partial charge < -0.3 is 14.8 Å². The first kappa shape index (κ1) is 19.1. The number of aromatic nitrogens is 3. The number of hydrogen-bond donors (Lipinski definition) is 1. The molecule has 0 unspecified atom stereocenters. The third-order valence-electron chi connectivity index (χ3n) is 5.30. The van der Waals surface area contributed by atoms with Gasteiger partial charge in [0.15, 0.2) is 11.4 Å². The molecule has 1 saturated heterocycles. The van der Waals surface area contributed by atoms with Crippen LogP contribution < -0.4 is 5.32 Å². The summed E-state index contributed by atoms with van der Waals surface area (Å²) in [4.78, 5) is 16.4. The van der Waals surface area contributed by atoms with E-state index in [9.17, 15) is 10.1 Å². The standard InChI is InChI=1S/C19H25N5O3/c1-5-18(2,3)17(25)26-11-19(10-20)9-8-15(27-19)13-6-7-14-16(21-4)22-12-23-24(13)14/h6-7,12,15H,5,8-9,11H2,1-4H3,(H,21,22,23)/t15-,19-/m1/s1. The molecule has 8 heteroatoms. The molecule has 3 rings (SSSR count). The van der Waals surface area contributed by atoms with E-state index in [4.69, 9.17) is 9.47 Å². The van der Waals surface area contributed by atoms with Crippen molar-refractivity contribution in [3.05, 3.63) is 24.2 Å². The largest absolute Gasteiger partial charge is 0.461 e. The normalized spacial score (nSPS) is 22.6. The molecular formula is C19H25N5O3. The topological polar surface area (TPSA) is 102 Å². The van der Waals surface area contributed by atoms with Gasteiger partial charge in [0.05, 0.1) is 11.1 Å². The van der Waals surface area contributed by atoms with Crippen LogP contribution >= 0.6 is 0 Å². The van der Waals surface area contributed by atoms with E-state index in [0.717, 1.165) is 17.0 Å². The lowest BCUT2D eigenvalue weighted by molar-refractivity contribution is -0.161. The van der Waals surface area contributed by atoms with Crippen LogP contribution in [-0.2, 0) is 14.3 Å². The first-order valence-corrected chi connectivity index (χ1v) is 9.12. The number of carbonyl (C=O) groups is 1. The van der Waals surface area contributed by atoms with Crippen LogP contribution in [0.15, 0.2) is 18.5 Å². The molecule has 144 valence electrons. The molecule has 27 heavy (non-hydrogen) atoms. The van der Waals surface area contributed by atoms with Crippen LogP contribution in [0.2, 0.25) is 0 Å². The van der Waals surface area contributed by atoms with Crippen LogP contribution in [0.3, 0.4) is 0 Å². The van der Waals surface area contributed by atoms with Gasteiger partial charge in [-0.1, -0.05) is 6.92 Å². The van der Waals surface area contributed by atoms with Crippen molar-refractivity contribution in [2.45, 2.75) is 51.7 Å². The van der Waals surface area contributed by atoms with Crippen molar-refractivity contribution in [2.24, 2.45) is 5.41 Å². The first-order chi connectivity index (χ1) is 12.9. The highest BCUT2D eigenvalue weighted by molar-refractivity contribution is 5.75. The number of esters is 1. The zero-order valence-corrected chi connectivity index (χ0v) is 16.2. The molecular weight excluding hydrogens is 346 g/mol. The number of nitriles is 1. The summed E-state index contributed by atoms with van der Waals surface area (Å²) in [5.41, 5.74) is -0.0227. The summed E-state index contributed by atoms with van der Waals surface area (Å²) in [6.45, 7) is 5.53. The zero-order valence-electron chi connectivity index (χ0n) is 16.2. The summed E-state index contributed by atoms with van der Waals surface area (Å²) in [6, 6.07) is 6.05. The number of carbonyl (C=O) groups excluding carboxylic acids is 1. The van der Waals surface area contributed by atoms with Crippen molar-refractivity contribution in [2.75, 3.05) is 19.0 Å². The van der Waals surface area contributed by atoms with Gasteiger partial charge in [-0.15, -0.1) is 0 Å². The second-order valence-corrected chi connectivity index (χ2v) is 7.48. The molecule has 2 atom stereocenters. The number of rotatable bonds is 6. The Balaban J connectivity index is 1.77. The molecule has 3 heterocycles. The summed E-state index contributed by atoms with van der Waals surface area (Å²) in [5.74, 6) is 0.405. The Labute approximate surface area is 158 Å². The van der Waals surface area contributed by atoms with E-state index in [1.165, 1.54) is 6.33 Å². The molecule has 1 N–H and O–H groups in total. The maximum atomic E-state index is 12.3. The van der Waals surface area contributed by atoms with Crippen molar-refractivity contribution >= 4 is 17.3 Å². The van der Waals surface area contributed by atoms with Crippen LogP contribution in [0.4, 0.5) is 5.82 Å². The first-order valence-electron chi connectivity index (χ1n) is 9.12. The molecule has 0 aliphatic carbocycles. The maximum Gasteiger partial charge on any atom is 0.311 e. The van der Waals surface area contributed by atoms with Gasteiger partial charge in [-0.05, 0) is 45.2 Å². The average Bonchev–Trinajstić information content (AvgIpc) is 3.30. The lowest BCUT2D eigenvalue weighted by Gasteiger charge is -2.25. The molecule has 0 radical (unpaired) electrons. The maximum absolute atomic E-state index is 12.3. The van der Waals surface area contributed by atoms with Crippen molar-refractivity contribution in [1.82, 2.24) is 14.6 Å². The monoisotopic (exact) mass is 371 g/mol. The van der Waals surface area contributed by atoms with Crippen LogP contribution in [0.5, 0.6) is 0 Å². The van der Waals surface area contributed by atoms with Gasteiger partial charge in [0.1, 0.15) is 30.6 Å². The number of nitrogens with zero attached hydrogens (tertiary/aromatic N) is 4. The van der Waals surface area contributed by atoms with Crippen molar-refractivity contribution < 1.29 is 14.3 Å². The highest BCUT2D eigenvalue weighted by atomic mass is 16.6. The third kappa shape index (κ3) is 3.47. The van der Waals surface area contributed by atoms with E-state index in [0.29, 0.717) is 19.3 Å². The number of hydrogen-bond acceptors (Lipinski definition) is 7. The molecule has 0 saturated carbocycles. The lowest BCUT2D eigenvalue weighted by Crippen LogP contribution is -2.36. The van der Waals surface area contributed by atoms with Gasteiger partial charge in [-0.25, -0.2) is 9.50 Å². The molecule has 0 bridgehead atoms. The van der Waals surface area contributed by atoms with Crippen LogP contribution in [0.25, 0.3) is 5.52 Å². The van der Waals surface area contributed by atoms with E-state index < -0.39 is 11.0 Å². The predicted molar refractivity (Wildman–Crippen MR) is 99.0 cm³/mol. The van der Waals surface area contributed by atoms with Gasteiger partial charge in [0, 0.05) is 7.05 Å². The Morgan fingerprint density at radius 3 is 3.00 bits per heavy atom. The number of nitrogens with one attached hydrogen (secondary N) is 1. The van der Waals surface area contributed by atoms with Crippen LogP contribution in [-0.4, -0.2) is 39.8 Å². The molecule has 0 amide bonds. The van der Waals surface area contributed by atoms with Crippen LogP contribution in [0.1, 0.15) is 51.8 Å². The molecule has 1 fully saturated rings. The van der Waals surface area contributed by atoms with Gasteiger partial charge >= 0.3 is 5.97 Å². The summed E-state index contributed by atoms with van der Waals surface area (Å²) < 4.78 is 13.3. The second kappa shape index (κ2) is 7.16. The van der Waals surface area contributed by atoms with Crippen molar-refractivity contribution in [1.29, 1.82) is 5.26 Å². The molecule has 1 aliphatic rings. The van der Waals surface area contributed by atoms with E-state index in [2.05, 4.69) is 21.5 Å². The Bertz CT molecular complexity index is 885. The van der Waals surface area contributed by atoms with Gasteiger partial charge in [0.2, 0.25) is 0 Å². The minimum absolute atomic E-state index is 0.0671. The predicted octanol–water partition coefficient (Wildman–Crippen LogP) is 2.86. The van der Waals surface area contributed by atoms with Gasteiger partial charge in [0.25, 0.3) is 0 Å². The smallest absolute Gasteiger partial charge is 0.311 e. The summed E-state index contributed by atoms with van der Waals surface area (Å²) in [6.07, 6.45) is 2.98. The summed E-state index contributed by atoms with van der Waals surface area (Å²) in [5, 5.41) is 17.0. The van der Waals surface area contributed by atoms with Crippen LogP contribution in [0, 0.1) is 16.7 Å². The minimum Gasteiger partial charge on any atom is -0.461 e. The fourth-order valence-electron chi connectivity index (χ4n) is 3.10. The Kier molecular flexibility index (Phi) is 5.07. The quantitative estimate of drug-likeness (QED) is 0.779. The zero-order chi connectivity index (χ0) is 19.7. The van der Waals surface area contributed by atoms with E-state index in [-0.39, 0.29) is 18.7 Å².